The summed E-state index contributed by atoms with van der Waals surface area (Å²) >= 11 is 0. The van der Waals surface area contributed by atoms with Crippen LogP contribution in [0.25, 0.3) is 22.2 Å². The van der Waals surface area contributed by atoms with Crippen molar-refractivity contribution in [3.8, 4) is 22.8 Å². The molecule has 0 aliphatic heterocycles. The van der Waals surface area contributed by atoms with E-state index in [1.54, 1.807) is 6.92 Å². The third-order valence-corrected chi connectivity index (χ3v) is 7.74. The first kappa shape index (κ1) is 33.5. The number of rotatable bonds is 12. The average Bonchev–Trinajstić information content (AvgIpc) is 3.78. The van der Waals surface area contributed by atoms with Crippen molar-refractivity contribution in [2.75, 3.05) is 20.3 Å². The standard InChI is InChI=1S/C31H29F6N5O5/c1-3-47-27-16(12-24(38)43)11-23(40-26(27)15-4-7-21(32)20(9-15)31(35,36)37)30(45,19-5-6-19)14-39-28(44)17-8-18-13-42(29(33)34)41-25(18)22(10-17)46-2/h4,7-11,13,19,29,45H,3,5-6,12,14H2,1-2H3,(H2,38,43)(H,39,44)/t30-/m1/s1. The van der Waals surface area contributed by atoms with E-state index >= 15 is 0 Å². The van der Waals surface area contributed by atoms with Crippen molar-refractivity contribution in [3.05, 3.63) is 70.8 Å². The molecule has 4 N–H and O–H groups in total. The lowest BCUT2D eigenvalue weighted by Crippen LogP contribution is -2.43. The van der Waals surface area contributed by atoms with Crippen molar-refractivity contribution in [2.24, 2.45) is 11.7 Å². The number of hydrogen-bond donors (Lipinski definition) is 3. The van der Waals surface area contributed by atoms with E-state index in [9.17, 15) is 41.0 Å². The van der Waals surface area contributed by atoms with Gasteiger partial charge in [0.1, 0.15) is 34.1 Å². The van der Waals surface area contributed by atoms with Crippen molar-refractivity contribution < 1.29 is 50.5 Å². The summed E-state index contributed by atoms with van der Waals surface area (Å²) in [6.07, 6.45) is -3.43. The Hall–Kier alpha value is -4.86. The van der Waals surface area contributed by atoms with Gasteiger partial charge in [-0.3, -0.25) is 9.59 Å². The molecule has 16 heteroatoms. The molecule has 1 atom stereocenters. The molecule has 250 valence electrons. The van der Waals surface area contributed by atoms with Crippen LogP contribution in [0.4, 0.5) is 26.3 Å². The normalized spacial score (nSPS) is 14.7. The van der Waals surface area contributed by atoms with Crippen molar-refractivity contribution >= 4 is 22.7 Å². The molecule has 0 unspecified atom stereocenters. The fourth-order valence-corrected chi connectivity index (χ4v) is 5.35. The molecular weight excluding hydrogens is 636 g/mol. The summed E-state index contributed by atoms with van der Waals surface area (Å²) in [5.41, 5.74) is 1.70. The Morgan fingerprint density at radius 3 is 2.49 bits per heavy atom. The van der Waals surface area contributed by atoms with E-state index in [1.807, 2.05) is 0 Å². The molecule has 0 radical (unpaired) electrons. The van der Waals surface area contributed by atoms with Crippen LogP contribution in [0.3, 0.4) is 0 Å². The molecule has 1 aliphatic rings. The Bertz CT molecular complexity index is 1840. The summed E-state index contributed by atoms with van der Waals surface area (Å²) < 4.78 is 92.9. The molecule has 1 saturated carbocycles. The quantitative estimate of drug-likeness (QED) is 0.179. The highest BCUT2D eigenvalue weighted by Gasteiger charge is 2.47. The minimum atomic E-state index is -5.04. The number of fused-ring (bicyclic) bond motifs is 1. The van der Waals surface area contributed by atoms with Gasteiger partial charge < -0.3 is 25.6 Å². The van der Waals surface area contributed by atoms with Gasteiger partial charge in [-0.2, -0.15) is 27.1 Å². The number of aromatic nitrogens is 3. The Morgan fingerprint density at radius 1 is 1.17 bits per heavy atom. The zero-order valence-electron chi connectivity index (χ0n) is 25.0. The van der Waals surface area contributed by atoms with Gasteiger partial charge in [-0.05, 0) is 62.1 Å². The minimum absolute atomic E-state index is 0.00191. The van der Waals surface area contributed by atoms with E-state index in [2.05, 4.69) is 15.4 Å². The molecule has 2 aromatic heterocycles. The third-order valence-electron chi connectivity index (χ3n) is 7.74. The number of nitrogens with two attached hydrogens (primary N) is 1. The van der Waals surface area contributed by atoms with Crippen LogP contribution < -0.4 is 20.5 Å². The number of pyridine rings is 1. The summed E-state index contributed by atoms with van der Waals surface area (Å²) in [7, 11) is 1.28. The summed E-state index contributed by atoms with van der Waals surface area (Å²) in [4.78, 5) is 29.8. The molecule has 2 aromatic carbocycles. The minimum Gasteiger partial charge on any atom is -0.494 e. The maximum Gasteiger partial charge on any atom is 0.419 e. The molecule has 0 saturated heterocycles. The number of benzene rings is 2. The number of ether oxygens (including phenoxy) is 2. The van der Waals surface area contributed by atoms with Crippen molar-refractivity contribution in [1.29, 1.82) is 0 Å². The van der Waals surface area contributed by atoms with Gasteiger partial charge in [0.2, 0.25) is 5.91 Å². The van der Waals surface area contributed by atoms with Gasteiger partial charge in [-0.25, -0.2) is 14.1 Å². The van der Waals surface area contributed by atoms with E-state index in [0.717, 1.165) is 12.3 Å². The molecule has 47 heavy (non-hydrogen) atoms. The lowest BCUT2D eigenvalue weighted by atomic mass is 9.90. The first-order valence-corrected chi connectivity index (χ1v) is 14.3. The van der Waals surface area contributed by atoms with Crippen LogP contribution in [0.2, 0.25) is 0 Å². The van der Waals surface area contributed by atoms with Gasteiger partial charge in [-0.15, -0.1) is 0 Å². The second kappa shape index (κ2) is 12.7. The van der Waals surface area contributed by atoms with Crippen molar-refractivity contribution in [1.82, 2.24) is 20.1 Å². The second-order valence-corrected chi connectivity index (χ2v) is 11.0. The zero-order valence-corrected chi connectivity index (χ0v) is 25.0. The number of amides is 2. The summed E-state index contributed by atoms with van der Waals surface area (Å²) in [6.45, 7) is -1.77. The SMILES string of the molecule is CCOc1c(CC(N)=O)cc([C@@](O)(CNC(=O)c2cc(OC)c3nn(C(F)F)cc3c2)C2CC2)nc1-c1ccc(F)c(C(F)(F)F)c1. The summed E-state index contributed by atoms with van der Waals surface area (Å²) in [5.74, 6) is -3.53. The number of carbonyl (C=O) groups excluding carboxylic acids is 2. The highest BCUT2D eigenvalue weighted by Crippen LogP contribution is 2.47. The van der Waals surface area contributed by atoms with E-state index < -0.39 is 60.4 Å². The van der Waals surface area contributed by atoms with Crippen LogP contribution in [-0.2, 0) is 23.0 Å². The summed E-state index contributed by atoms with van der Waals surface area (Å²) in [5, 5.41) is 18.6. The Morgan fingerprint density at radius 2 is 1.89 bits per heavy atom. The fraction of sp³-hybridized carbons (Fsp3) is 0.355. The number of alkyl halides is 5. The number of halogens is 6. The molecule has 2 amide bonds. The van der Waals surface area contributed by atoms with Gasteiger partial charge in [0.15, 0.2) is 0 Å². The second-order valence-electron chi connectivity index (χ2n) is 11.0. The predicted molar refractivity (Wildman–Crippen MR) is 155 cm³/mol. The Balaban J connectivity index is 1.57. The molecular formula is C31H29F6N5O5. The van der Waals surface area contributed by atoms with Gasteiger partial charge in [-0.1, -0.05) is 0 Å². The topological polar surface area (TPSA) is 142 Å². The fourth-order valence-electron chi connectivity index (χ4n) is 5.35. The van der Waals surface area contributed by atoms with Crippen LogP contribution in [0, 0.1) is 11.7 Å². The van der Waals surface area contributed by atoms with Gasteiger partial charge >= 0.3 is 12.7 Å². The molecule has 1 fully saturated rings. The first-order chi connectivity index (χ1) is 22.2. The van der Waals surface area contributed by atoms with Gasteiger partial charge in [0, 0.05) is 28.3 Å². The van der Waals surface area contributed by atoms with Crippen LogP contribution in [0.15, 0.2) is 42.6 Å². The Kier molecular flexibility index (Phi) is 9.08. The number of hydrogen-bond acceptors (Lipinski definition) is 7. The van der Waals surface area contributed by atoms with Crippen molar-refractivity contribution in [3.63, 3.8) is 0 Å². The maximum atomic E-state index is 14.2. The number of aliphatic hydroxyl groups is 1. The van der Waals surface area contributed by atoms with Gasteiger partial charge in [0.05, 0.1) is 37.9 Å². The van der Waals surface area contributed by atoms with Crippen LogP contribution in [0.5, 0.6) is 11.5 Å². The molecule has 0 bridgehead atoms. The third kappa shape index (κ3) is 6.82. The molecule has 0 spiro atoms. The molecule has 4 aromatic rings. The lowest BCUT2D eigenvalue weighted by Gasteiger charge is -2.30. The van der Waals surface area contributed by atoms with E-state index in [-0.39, 0.29) is 57.1 Å². The highest BCUT2D eigenvalue weighted by molar-refractivity contribution is 6.00. The van der Waals surface area contributed by atoms with E-state index in [4.69, 9.17) is 15.2 Å². The lowest BCUT2D eigenvalue weighted by molar-refractivity contribution is -0.140. The van der Waals surface area contributed by atoms with Crippen LogP contribution in [-0.4, -0.2) is 51.9 Å². The largest absolute Gasteiger partial charge is 0.494 e. The summed E-state index contributed by atoms with van der Waals surface area (Å²) in [6, 6.07) is 6.19. The Labute approximate surface area is 263 Å². The number of carbonyl (C=O) groups is 2. The predicted octanol–water partition coefficient (Wildman–Crippen LogP) is 5.11. The maximum absolute atomic E-state index is 14.2. The number of primary amides is 1. The van der Waals surface area contributed by atoms with Gasteiger partial charge in [0.25, 0.3) is 5.91 Å². The highest BCUT2D eigenvalue weighted by atomic mass is 19.4. The monoisotopic (exact) mass is 665 g/mol. The molecule has 1 aliphatic carbocycles. The van der Waals surface area contributed by atoms with Crippen LogP contribution >= 0.6 is 0 Å². The number of nitrogens with zero attached hydrogens (tertiary/aromatic N) is 3. The number of methoxy groups -OCH3 is 1. The average molecular weight is 666 g/mol. The van der Waals surface area contributed by atoms with E-state index in [0.29, 0.717) is 29.7 Å². The molecule has 2 heterocycles. The first-order valence-electron chi connectivity index (χ1n) is 14.3. The van der Waals surface area contributed by atoms with Crippen molar-refractivity contribution in [2.45, 2.75) is 44.5 Å². The number of nitrogens with one attached hydrogen (secondary N) is 1. The molecule has 5 rings (SSSR count). The van der Waals surface area contributed by atoms with E-state index in [1.165, 1.54) is 25.3 Å². The molecule has 10 nitrogen and oxygen atoms in total. The zero-order chi connectivity index (χ0) is 34.3. The van der Waals surface area contributed by atoms with Crippen LogP contribution in [0.1, 0.15) is 53.5 Å². The smallest absolute Gasteiger partial charge is 0.419 e.